The minimum Gasteiger partial charge on any atom is -0.334 e. The van der Waals surface area contributed by atoms with Gasteiger partial charge in [0.1, 0.15) is 6.04 Å². The van der Waals surface area contributed by atoms with Gasteiger partial charge in [0.25, 0.3) is 0 Å². The summed E-state index contributed by atoms with van der Waals surface area (Å²) in [7, 11) is -3.74. The molecule has 2 fully saturated rings. The van der Waals surface area contributed by atoms with Crippen molar-refractivity contribution in [1.82, 2.24) is 19.8 Å². The molecule has 1 saturated heterocycles. The number of unbranched alkanes of at least 4 members (excludes halogenated alkanes) is 1. The van der Waals surface area contributed by atoms with Crippen LogP contribution in [0.15, 0.2) is 41.8 Å². The number of carbonyl (C=O) groups is 5. The Morgan fingerprint density at radius 2 is 1.67 bits per heavy atom. The Balaban J connectivity index is 1.53. The zero-order valence-electron chi connectivity index (χ0n) is 32.6. The first-order valence-corrected chi connectivity index (χ1v) is 20.2. The molecule has 1 saturated carbocycles. The van der Waals surface area contributed by atoms with Crippen LogP contribution in [0.1, 0.15) is 106 Å². The highest BCUT2D eigenvalue weighted by atomic mass is 32.2. The number of sulfonamides is 1. The number of fused-ring (bicyclic) bond motifs is 2. The Bertz CT molecular complexity index is 1670. The van der Waals surface area contributed by atoms with E-state index in [2.05, 4.69) is 31.1 Å². The molecule has 11 nitrogen and oxygen atoms in total. The predicted molar refractivity (Wildman–Crippen MR) is 201 cm³/mol. The first-order valence-electron chi connectivity index (χ1n) is 18.7. The van der Waals surface area contributed by atoms with Crippen LogP contribution in [0.3, 0.4) is 0 Å². The third-order valence-electron chi connectivity index (χ3n) is 11.5. The molecule has 2 heterocycles. The zero-order valence-corrected chi connectivity index (χ0v) is 33.4. The lowest BCUT2D eigenvalue weighted by Gasteiger charge is -2.39. The third-order valence-corrected chi connectivity index (χ3v) is 13.4. The van der Waals surface area contributed by atoms with Crippen molar-refractivity contribution in [1.29, 1.82) is 0 Å². The van der Waals surface area contributed by atoms with E-state index in [0.29, 0.717) is 31.4 Å². The van der Waals surface area contributed by atoms with Gasteiger partial charge in [0.05, 0.1) is 10.9 Å². The van der Waals surface area contributed by atoms with Crippen molar-refractivity contribution < 1.29 is 32.4 Å². The van der Waals surface area contributed by atoms with Gasteiger partial charge in [-0.1, -0.05) is 99.4 Å². The largest absolute Gasteiger partial charge is 0.334 e. The Labute approximate surface area is 310 Å². The Kier molecular flexibility index (Phi) is 12.4. The molecule has 3 amide bonds. The van der Waals surface area contributed by atoms with Gasteiger partial charge in [0.15, 0.2) is 11.6 Å². The number of rotatable bonds is 16. The van der Waals surface area contributed by atoms with E-state index in [4.69, 9.17) is 0 Å². The van der Waals surface area contributed by atoms with Crippen LogP contribution in [-0.2, 0) is 35.7 Å². The fourth-order valence-electron chi connectivity index (χ4n) is 7.95. The van der Waals surface area contributed by atoms with Crippen LogP contribution in [0, 0.1) is 34.0 Å². The molecule has 12 heteroatoms. The van der Waals surface area contributed by atoms with Crippen molar-refractivity contribution in [3.63, 3.8) is 0 Å². The molecule has 0 bridgehead atoms. The van der Waals surface area contributed by atoms with Crippen LogP contribution in [0.2, 0.25) is 0 Å². The van der Waals surface area contributed by atoms with E-state index >= 15 is 0 Å². The number of nitrogens with one attached hydrogen (secondary N) is 2. The molecular formula is C40H60N4O7S. The molecule has 6 atom stereocenters. The molecule has 52 heavy (non-hydrogen) atoms. The van der Waals surface area contributed by atoms with Gasteiger partial charge in [-0.05, 0) is 52.6 Å². The highest BCUT2D eigenvalue weighted by Gasteiger charge is 2.69. The molecule has 2 aliphatic heterocycles. The Hall–Kier alpha value is -3.38. The lowest BCUT2D eigenvalue weighted by Crippen LogP contribution is -2.61. The fourth-order valence-corrected chi connectivity index (χ4v) is 9.60. The van der Waals surface area contributed by atoms with Crippen LogP contribution < -0.4 is 10.6 Å². The van der Waals surface area contributed by atoms with Gasteiger partial charge in [0.2, 0.25) is 21.7 Å². The van der Waals surface area contributed by atoms with Crippen LogP contribution >= 0.6 is 0 Å². The number of hydrogen-bond acceptors (Lipinski definition) is 7. The fraction of sp³-hybridized carbons (Fsp3) is 0.675. The van der Waals surface area contributed by atoms with Gasteiger partial charge in [-0.15, -0.1) is 6.58 Å². The number of amides is 3. The van der Waals surface area contributed by atoms with Crippen molar-refractivity contribution in [2.45, 2.75) is 130 Å². The van der Waals surface area contributed by atoms with Crippen molar-refractivity contribution in [2.75, 3.05) is 13.1 Å². The lowest BCUT2D eigenvalue weighted by molar-refractivity contribution is -0.144. The molecule has 2 N–H and O–H groups in total. The molecule has 1 unspecified atom stereocenters. The summed E-state index contributed by atoms with van der Waals surface area (Å²) in [6, 6.07) is 3.86. The summed E-state index contributed by atoms with van der Waals surface area (Å²) in [5.41, 5.74) is -0.758. The summed E-state index contributed by atoms with van der Waals surface area (Å²) in [6.07, 6.45) is 3.85. The van der Waals surface area contributed by atoms with Gasteiger partial charge in [-0.3, -0.25) is 19.2 Å². The molecule has 0 spiro atoms. The highest BCUT2D eigenvalue weighted by molar-refractivity contribution is 7.89. The second-order valence-electron chi connectivity index (χ2n) is 17.8. The quantitative estimate of drug-likeness (QED) is 0.164. The lowest BCUT2D eigenvalue weighted by atomic mass is 9.83. The SMILES string of the molecule is C=CCCC(=O)C(=O)C(CCCC)CC(=O)[C@@H]1[C@@H]2[C@H](CN1C(=O)[C@@H](NC(=O)N[C@H](CN1Cc3ccccc3S1(=O)=O)C(C)(C)C)C(C)(C)C)C2(C)C. The summed E-state index contributed by atoms with van der Waals surface area (Å²) in [5, 5.41) is 5.88. The smallest absolute Gasteiger partial charge is 0.315 e. The van der Waals surface area contributed by atoms with Crippen LogP contribution in [0.25, 0.3) is 0 Å². The number of piperidine rings is 1. The number of benzene rings is 1. The van der Waals surface area contributed by atoms with E-state index in [1.54, 1.807) is 35.2 Å². The first kappa shape index (κ1) is 41.4. The van der Waals surface area contributed by atoms with Gasteiger partial charge >= 0.3 is 6.03 Å². The number of hydrogen-bond donors (Lipinski definition) is 2. The number of likely N-dealkylation sites (tertiary alicyclic amines) is 1. The standard InChI is InChI=1S/C40H60N4O7S/c1-11-13-17-25(34(47)28(45)19-14-12-2)21-29(46)33-32-27(40(32,9)10)23-44(33)36(48)35(39(6,7)8)42-37(49)41-31(38(3,4)5)24-43-22-26-18-15-16-20-30(26)52(43,50)51/h12,15-16,18,20,25,27,31-33,35H,2,11,13-14,17,19,21-24H2,1,3-10H3,(H2,41,42,49)/t25?,27-,31+,32-,33+,35+/m0/s1. The summed E-state index contributed by atoms with van der Waals surface area (Å²) in [4.78, 5) is 70.4. The molecule has 0 aromatic heterocycles. The maximum absolute atomic E-state index is 14.5. The average Bonchev–Trinajstić information content (AvgIpc) is 3.31. The molecular weight excluding hydrogens is 681 g/mol. The van der Waals surface area contributed by atoms with Crippen LogP contribution in [-0.4, -0.2) is 78.1 Å². The summed E-state index contributed by atoms with van der Waals surface area (Å²) < 4.78 is 28.1. The molecule has 1 aliphatic carbocycles. The number of allylic oxidation sites excluding steroid dienone is 1. The van der Waals surface area contributed by atoms with Crippen molar-refractivity contribution in [2.24, 2.45) is 34.0 Å². The number of urea groups is 1. The van der Waals surface area contributed by atoms with E-state index in [1.165, 1.54) is 4.31 Å². The molecule has 288 valence electrons. The third kappa shape index (κ3) is 8.70. The van der Waals surface area contributed by atoms with E-state index < -0.39 is 62.5 Å². The van der Waals surface area contributed by atoms with Gasteiger partial charge in [-0.2, -0.15) is 4.31 Å². The van der Waals surface area contributed by atoms with Crippen molar-refractivity contribution in [3.05, 3.63) is 42.5 Å². The monoisotopic (exact) mass is 740 g/mol. The molecule has 3 aliphatic rings. The van der Waals surface area contributed by atoms with Crippen molar-refractivity contribution >= 4 is 39.3 Å². The van der Waals surface area contributed by atoms with Crippen LogP contribution in [0.5, 0.6) is 0 Å². The summed E-state index contributed by atoms with van der Waals surface area (Å²) in [5.74, 6) is -2.38. The van der Waals surface area contributed by atoms with Gasteiger partial charge < -0.3 is 15.5 Å². The molecule has 1 aromatic rings. The maximum Gasteiger partial charge on any atom is 0.315 e. The zero-order chi connectivity index (χ0) is 39.0. The van der Waals surface area contributed by atoms with E-state index in [0.717, 1.165) is 6.42 Å². The number of carbonyl (C=O) groups excluding carboxylic acids is 5. The molecule has 0 radical (unpaired) electrons. The maximum atomic E-state index is 14.5. The topological polar surface area (TPSA) is 150 Å². The van der Waals surface area contributed by atoms with E-state index in [-0.39, 0.29) is 59.8 Å². The average molecular weight is 741 g/mol. The minimum atomic E-state index is -3.74. The van der Waals surface area contributed by atoms with E-state index in [1.807, 2.05) is 48.5 Å². The predicted octanol–water partition coefficient (Wildman–Crippen LogP) is 5.67. The van der Waals surface area contributed by atoms with Crippen LogP contribution in [0.4, 0.5) is 4.79 Å². The van der Waals surface area contributed by atoms with Crippen molar-refractivity contribution in [3.8, 4) is 0 Å². The minimum absolute atomic E-state index is 0.0389. The summed E-state index contributed by atoms with van der Waals surface area (Å²) >= 11 is 0. The second kappa shape index (κ2) is 15.5. The Morgan fingerprint density at radius 3 is 2.25 bits per heavy atom. The molecule has 1 aromatic carbocycles. The second-order valence-corrected chi connectivity index (χ2v) is 19.7. The van der Waals surface area contributed by atoms with Gasteiger partial charge in [-0.25, -0.2) is 13.2 Å². The Morgan fingerprint density at radius 1 is 1.02 bits per heavy atom. The number of ketones is 3. The van der Waals surface area contributed by atoms with Gasteiger partial charge in [0, 0.05) is 44.4 Å². The number of nitrogens with zero attached hydrogens (tertiary/aromatic N) is 2. The molecule has 4 rings (SSSR count). The van der Waals surface area contributed by atoms with E-state index in [9.17, 15) is 32.4 Å². The summed E-state index contributed by atoms with van der Waals surface area (Å²) in [6.45, 7) is 21.7. The highest BCUT2D eigenvalue weighted by Crippen LogP contribution is 2.65. The normalized spacial score (nSPS) is 23.5. The number of Topliss-reactive ketones (excluding diaryl/α,β-unsaturated/α-hetero) is 3. The first-order chi connectivity index (χ1) is 24.1.